The smallest absolute Gasteiger partial charge is 0.0583 e. The van der Waals surface area contributed by atoms with Gasteiger partial charge in [-0.15, -0.1) is 0 Å². The zero-order valence-electron chi connectivity index (χ0n) is 27.8. The molecule has 10 rings (SSSR count). The predicted octanol–water partition coefficient (Wildman–Crippen LogP) is 12.4. The van der Waals surface area contributed by atoms with Crippen molar-refractivity contribution in [3.63, 3.8) is 0 Å². The van der Waals surface area contributed by atoms with Crippen LogP contribution in [0, 0.1) is 0 Å². The van der Waals surface area contributed by atoms with Gasteiger partial charge in [0.2, 0.25) is 0 Å². The van der Waals surface area contributed by atoms with Crippen molar-refractivity contribution in [3.8, 4) is 16.8 Å². The van der Waals surface area contributed by atoms with E-state index in [4.69, 9.17) is 0 Å². The van der Waals surface area contributed by atoms with Crippen molar-refractivity contribution in [3.05, 3.63) is 168 Å². The summed E-state index contributed by atoms with van der Waals surface area (Å²) in [5.41, 5.74) is 15.3. The average molecular weight is 617 g/mol. The van der Waals surface area contributed by atoms with Crippen LogP contribution in [0.4, 0.5) is 17.1 Å². The van der Waals surface area contributed by atoms with E-state index in [2.05, 4.69) is 183 Å². The van der Waals surface area contributed by atoms with E-state index in [-0.39, 0.29) is 10.8 Å². The molecule has 2 heteroatoms. The molecule has 2 aliphatic rings. The van der Waals surface area contributed by atoms with Crippen LogP contribution in [-0.2, 0) is 10.8 Å². The van der Waals surface area contributed by atoms with Crippen molar-refractivity contribution in [1.82, 2.24) is 4.57 Å². The Bertz CT molecular complexity index is 2600. The van der Waals surface area contributed by atoms with E-state index in [1.807, 2.05) is 0 Å². The molecule has 0 unspecified atom stereocenters. The highest BCUT2D eigenvalue weighted by Crippen LogP contribution is 2.57. The van der Waals surface area contributed by atoms with E-state index in [1.165, 1.54) is 77.3 Å². The van der Waals surface area contributed by atoms with E-state index < -0.39 is 0 Å². The number of aromatic nitrogens is 1. The van der Waals surface area contributed by atoms with Gasteiger partial charge in [-0.3, -0.25) is 0 Å². The quantitative estimate of drug-likeness (QED) is 0.191. The first kappa shape index (κ1) is 27.5. The molecule has 3 heterocycles. The molecule has 0 spiro atoms. The Balaban J connectivity index is 1.36. The summed E-state index contributed by atoms with van der Waals surface area (Å²) in [6.45, 7) is 9.67. The Labute approximate surface area is 281 Å². The van der Waals surface area contributed by atoms with Gasteiger partial charge in [0.25, 0.3) is 0 Å². The maximum Gasteiger partial charge on any atom is 0.0583 e. The predicted molar refractivity (Wildman–Crippen MR) is 203 cm³/mol. The van der Waals surface area contributed by atoms with Crippen LogP contribution >= 0.6 is 0 Å². The largest absolute Gasteiger partial charge is 0.310 e. The summed E-state index contributed by atoms with van der Waals surface area (Å²) in [6, 6.07) is 54.1. The lowest BCUT2D eigenvalue weighted by molar-refractivity contribution is 0.594. The maximum absolute atomic E-state index is 2.62. The summed E-state index contributed by atoms with van der Waals surface area (Å²) in [5, 5.41) is 5.12. The van der Waals surface area contributed by atoms with Crippen LogP contribution in [0.5, 0.6) is 0 Å². The van der Waals surface area contributed by atoms with Crippen molar-refractivity contribution in [1.29, 1.82) is 0 Å². The highest BCUT2D eigenvalue weighted by molar-refractivity contribution is 6.16. The van der Waals surface area contributed by atoms with Gasteiger partial charge in [0, 0.05) is 38.7 Å². The Morgan fingerprint density at radius 1 is 0.417 bits per heavy atom. The number of rotatable bonds is 4. The molecule has 0 radical (unpaired) electrons. The zero-order chi connectivity index (χ0) is 32.4. The van der Waals surface area contributed by atoms with Crippen LogP contribution in [0.15, 0.2) is 146 Å². The normalized spacial score (nSPS) is 15.0. The minimum absolute atomic E-state index is 0.156. The van der Waals surface area contributed by atoms with Gasteiger partial charge in [-0.25, -0.2) is 0 Å². The van der Waals surface area contributed by atoms with Gasteiger partial charge in [0.15, 0.2) is 0 Å². The lowest BCUT2D eigenvalue weighted by Gasteiger charge is -2.42. The van der Waals surface area contributed by atoms with Crippen molar-refractivity contribution in [2.75, 3.05) is 4.90 Å². The van der Waals surface area contributed by atoms with Crippen LogP contribution in [0.3, 0.4) is 0 Å². The molecule has 0 saturated carbocycles. The van der Waals surface area contributed by atoms with Gasteiger partial charge in [-0.2, -0.15) is 0 Å². The summed E-state index contributed by atoms with van der Waals surface area (Å²) in [7, 11) is 0. The van der Waals surface area contributed by atoms with Crippen molar-refractivity contribution in [2.45, 2.75) is 38.5 Å². The third-order valence-electron chi connectivity index (χ3n) is 11.3. The zero-order valence-corrected chi connectivity index (χ0v) is 27.8. The topological polar surface area (TPSA) is 8.17 Å². The van der Waals surface area contributed by atoms with Crippen LogP contribution < -0.4 is 4.90 Å². The second-order valence-corrected chi connectivity index (χ2v) is 14.7. The molecule has 0 bridgehead atoms. The second-order valence-electron chi connectivity index (χ2n) is 14.7. The Kier molecular flexibility index (Phi) is 5.44. The van der Waals surface area contributed by atoms with Crippen LogP contribution in [0.2, 0.25) is 0 Å². The molecule has 0 N–H and O–H groups in total. The molecule has 0 atom stereocenters. The first-order chi connectivity index (χ1) is 23.3. The number of nitrogens with zero attached hydrogens (tertiary/aromatic N) is 2. The number of hydrogen-bond acceptors (Lipinski definition) is 1. The molecule has 2 aliphatic heterocycles. The molecule has 0 fully saturated rings. The second kappa shape index (κ2) is 9.49. The lowest BCUT2D eigenvalue weighted by atomic mass is 9.68. The van der Waals surface area contributed by atoms with Crippen LogP contribution in [0.25, 0.3) is 49.4 Å². The maximum atomic E-state index is 2.62. The van der Waals surface area contributed by atoms with E-state index in [0.29, 0.717) is 0 Å². The van der Waals surface area contributed by atoms with Gasteiger partial charge >= 0.3 is 0 Å². The van der Waals surface area contributed by atoms with Gasteiger partial charge in [-0.05, 0) is 92.7 Å². The molecule has 7 aromatic carbocycles. The van der Waals surface area contributed by atoms with Crippen molar-refractivity contribution >= 4 is 49.6 Å². The fourth-order valence-corrected chi connectivity index (χ4v) is 8.78. The van der Waals surface area contributed by atoms with Crippen molar-refractivity contribution < 1.29 is 0 Å². The molecule has 0 aliphatic carbocycles. The monoisotopic (exact) mass is 616 g/mol. The fourth-order valence-electron chi connectivity index (χ4n) is 8.78. The molecular weight excluding hydrogens is 581 g/mol. The molecule has 48 heavy (non-hydrogen) atoms. The summed E-state index contributed by atoms with van der Waals surface area (Å²) in [6.07, 6.45) is 0. The van der Waals surface area contributed by atoms with Crippen LogP contribution in [-0.4, -0.2) is 4.57 Å². The van der Waals surface area contributed by atoms with Gasteiger partial charge in [0.05, 0.1) is 16.7 Å². The standard InChI is InChI=1S/C46H36N2/c1-45(2)38-20-13-21-39-44(38)48-42-36(25-32(26-40(42)45)29-14-7-5-8-15-29)37-27-35(28-41(43(37)48)46(39,3)4)47(33-18-9-6-10-19-33)34-23-22-30-16-11-12-17-31(30)24-34/h5-28H,1-4H3. The SMILES string of the molecule is CC1(C)c2cccc3c2-n2c4c1cc(-c1ccccc1)cc4c1cc(N(c4ccccc4)c4ccc5ccccc5c4)cc(c12)C3(C)C. The first-order valence-electron chi connectivity index (χ1n) is 17.0. The van der Waals surface area contributed by atoms with Gasteiger partial charge in [0.1, 0.15) is 0 Å². The Morgan fingerprint density at radius 2 is 1.02 bits per heavy atom. The molecule has 0 saturated heterocycles. The molecule has 8 aromatic rings. The third-order valence-corrected chi connectivity index (χ3v) is 11.3. The summed E-state index contributed by atoms with van der Waals surface area (Å²) >= 11 is 0. The van der Waals surface area contributed by atoms with Crippen LogP contribution in [0.1, 0.15) is 49.9 Å². The number of anilines is 3. The summed E-state index contributed by atoms with van der Waals surface area (Å²) in [5.74, 6) is 0. The minimum Gasteiger partial charge on any atom is -0.310 e. The molecule has 0 amide bonds. The number of benzene rings is 7. The highest BCUT2D eigenvalue weighted by Gasteiger charge is 2.43. The van der Waals surface area contributed by atoms with E-state index in [1.54, 1.807) is 0 Å². The fraction of sp³-hybridized carbons (Fsp3) is 0.130. The number of para-hydroxylation sites is 2. The van der Waals surface area contributed by atoms with E-state index in [9.17, 15) is 0 Å². The Morgan fingerprint density at radius 3 is 1.73 bits per heavy atom. The average Bonchev–Trinajstić information content (AvgIpc) is 3.45. The first-order valence-corrected chi connectivity index (χ1v) is 17.0. The highest BCUT2D eigenvalue weighted by atomic mass is 15.1. The van der Waals surface area contributed by atoms with Crippen molar-refractivity contribution in [2.24, 2.45) is 0 Å². The molecule has 230 valence electrons. The molecule has 1 aromatic heterocycles. The number of hydrogen-bond donors (Lipinski definition) is 0. The Hall–Kier alpha value is -5.60. The lowest BCUT2D eigenvalue weighted by Crippen LogP contribution is -2.33. The van der Waals surface area contributed by atoms with E-state index >= 15 is 0 Å². The number of fused-ring (bicyclic) bond motifs is 2. The minimum atomic E-state index is -0.203. The summed E-state index contributed by atoms with van der Waals surface area (Å²) in [4.78, 5) is 2.44. The van der Waals surface area contributed by atoms with Gasteiger partial charge < -0.3 is 9.47 Å². The van der Waals surface area contributed by atoms with Gasteiger partial charge in [-0.1, -0.05) is 125 Å². The molecule has 2 nitrogen and oxygen atoms in total. The third kappa shape index (κ3) is 3.58. The summed E-state index contributed by atoms with van der Waals surface area (Å²) < 4.78 is 2.62. The molecular formula is C46H36N2. The van der Waals surface area contributed by atoms with E-state index in [0.717, 1.165) is 11.4 Å².